The fraction of sp³-hybridized carbons (Fsp3) is 0.538. The van der Waals surface area contributed by atoms with Crippen molar-refractivity contribution in [2.24, 2.45) is 0 Å². The average Bonchev–Trinajstić information content (AvgIpc) is 2.28. The monoisotopic (exact) mass is 258 g/mol. The molecule has 1 aromatic rings. The second-order valence-electron chi connectivity index (χ2n) is 4.85. The molecule has 2 rings (SSSR count). The van der Waals surface area contributed by atoms with Gasteiger partial charge in [0.15, 0.2) is 0 Å². The zero-order chi connectivity index (χ0) is 13.3. The summed E-state index contributed by atoms with van der Waals surface area (Å²) in [6.45, 7) is 4.55. The highest BCUT2D eigenvalue weighted by atomic mass is 19.4. The zero-order valence-electron chi connectivity index (χ0n) is 10.5. The molecule has 1 aliphatic heterocycles. The molecule has 1 aliphatic rings. The Balaban J connectivity index is 2.23. The molecule has 1 heterocycles. The Kier molecular flexibility index (Phi) is 3.52. The van der Waals surface area contributed by atoms with E-state index in [2.05, 4.69) is 4.90 Å². The lowest BCUT2D eigenvalue weighted by Crippen LogP contribution is -2.50. The number of benzene rings is 1. The van der Waals surface area contributed by atoms with Gasteiger partial charge in [0.25, 0.3) is 0 Å². The Morgan fingerprint density at radius 1 is 1.22 bits per heavy atom. The number of nitrogens with zero attached hydrogens (tertiary/aromatic N) is 2. The summed E-state index contributed by atoms with van der Waals surface area (Å²) in [6.07, 6.45) is -4.27. The van der Waals surface area contributed by atoms with Gasteiger partial charge < -0.3 is 9.80 Å². The number of alkyl halides is 3. The SMILES string of the molecule is CC1CN(C)CCN1c1cccc(C(F)(F)F)c1. The van der Waals surface area contributed by atoms with Gasteiger partial charge in [-0.1, -0.05) is 6.07 Å². The number of piperazine rings is 1. The van der Waals surface area contributed by atoms with E-state index in [0.717, 1.165) is 25.7 Å². The Morgan fingerprint density at radius 2 is 1.94 bits per heavy atom. The second kappa shape index (κ2) is 4.80. The molecule has 1 saturated heterocycles. The normalized spacial score (nSPS) is 22.3. The van der Waals surface area contributed by atoms with Crippen LogP contribution in [0.1, 0.15) is 12.5 Å². The standard InChI is InChI=1S/C13H17F3N2/c1-10-9-17(2)6-7-18(10)12-5-3-4-11(8-12)13(14,15)16/h3-5,8,10H,6-7,9H2,1-2H3. The maximum Gasteiger partial charge on any atom is 0.416 e. The highest BCUT2D eigenvalue weighted by Crippen LogP contribution is 2.32. The van der Waals surface area contributed by atoms with Gasteiger partial charge >= 0.3 is 6.18 Å². The first kappa shape index (κ1) is 13.2. The lowest BCUT2D eigenvalue weighted by Gasteiger charge is -2.40. The molecule has 1 atom stereocenters. The molecule has 100 valence electrons. The van der Waals surface area contributed by atoms with Crippen LogP contribution in [0.5, 0.6) is 0 Å². The van der Waals surface area contributed by atoms with E-state index in [1.165, 1.54) is 12.1 Å². The van der Waals surface area contributed by atoms with Crippen molar-refractivity contribution in [3.05, 3.63) is 29.8 Å². The Hall–Kier alpha value is -1.23. The summed E-state index contributed by atoms with van der Waals surface area (Å²) in [5, 5.41) is 0. The van der Waals surface area contributed by atoms with Crippen molar-refractivity contribution in [3.63, 3.8) is 0 Å². The van der Waals surface area contributed by atoms with Crippen LogP contribution in [-0.4, -0.2) is 37.6 Å². The smallest absolute Gasteiger partial charge is 0.366 e. The van der Waals surface area contributed by atoms with Crippen molar-refractivity contribution >= 4 is 5.69 Å². The summed E-state index contributed by atoms with van der Waals surface area (Å²) in [6, 6.07) is 5.80. The topological polar surface area (TPSA) is 6.48 Å². The first-order valence-electron chi connectivity index (χ1n) is 6.00. The molecule has 1 unspecified atom stereocenters. The summed E-state index contributed by atoms with van der Waals surface area (Å²) < 4.78 is 38.0. The number of rotatable bonds is 1. The third-order valence-corrected chi connectivity index (χ3v) is 3.34. The van der Waals surface area contributed by atoms with E-state index in [-0.39, 0.29) is 6.04 Å². The summed E-state index contributed by atoms with van der Waals surface area (Å²) in [7, 11) is 2.03. The van der Waals surface area contributed by atoms with Crippen molar-refractivity contribution in [2.45, 2.75) is 19.1 Å². The Morgan fingerprint density at radius 3 is 2.56 bits per heavy atom. The van der Waals surface area contributed by atoms with Crippen molar-refractivity contribution in [2.75, 3.05) is 31.6 Å². The highest BCUT2D eigenvalue weighted by molar-refractivity contribution is 5.50. The van der Waals surface area contributed by atoms with E-state index >= 15 is 0 Å². The molecule has 1 aromatic carbocycles. The maximum absolute atomic E-state index is 12.7. The quantitative estimate of drug-likeness (QED) is 0.764. The molecule has 1 fully saturated rings. The minimum atomic E-state index is -4.27. The van der Waals surface area contributed by atoms with Crippen molar-refractivity contribution < 1.29 is 13.2 Å². The lowest BCUT2D eigenvalue weighted by atomic mass is 10.1. The fourth-order valence-electron chi connectivity index (χ4n) is 2.38. The van der Waals surface area contributed by atoms with Crippen LogP contribution in [0.4, 0.5) is 18.9 Å². The van der Waals surface area contributed by atoms with Crippen molar-refractivity contribution in [3.8, 4) is 0 Å². The van der Waals surface area contributed by atoms with Crippen molar-refractivity contribution in [1.82, 2.24) is 4.90 Å². The van der Waals surface area contributed by atoms with Crippen molar-refractivity contribution in [1.29, 1.82) is 0 Å². The molecule has 0 N–H and O–H groups in total. The molecule has 0 aromatic heterocycles. The molecular weight excluding hydrogens is 241 g/mol. The second-order valence-corrected chi connectivity index (χ2v) is 4.85. The van der Waals surface area contributed by atoms with E-state index < -0.39 is 11.7 Å². The Labute approximate surface area is 105 Å². The van der Waals surface area contributed by atoms with Gasteiger partial charge in [-0.3, -0.25) is 0 Å². The van der Waals surface area contributed by atoms with Crippen LogP contribution < -0.4 is 4.90 Å². The number of anilines is 1. The zero-order valence-corrected chi connectivity index (χ0v) is 10.5. The third kappa shape index (κ3) is 2.77. The predicted molar refractivity (Wildman–Crippen MR) is 65.7 cm³/mol. The molecule has 0 bridgehead atoms. The molecule has 0 amide bonds. The average molecular weight is 258 g/mol. The van der Waals surface area contributed by atoms with E-state index in [1.807, 2.05) is 18.9 Å². The third-order valence-electron chi connectivity index (χ3n) is 3.34. The summed E-state index contributed by atoms with van der Waals surface area (Å²) in [4.78, 5) is 4.23. The van der Waals surface area contributed by atoms with Crippen LogP contribution in [-0.2, 0) is 6.18 Å². The maximum atomic E-state index is 12.7. The first-order chi connectivity index (χ1) is 8.38. The van der Waals surface area contributed by atoms with Crippen LogP contribution in [0.2, 0.25) is 0 Å². The van der Waals surface area contributed by atoms with Gasteiger partial charge in [0, 0.05) is 31.4 Å². The summed E-state index contributed by atoms with van der Waals surface area (Å²) in [5.41, 5.74) is 0.0801. The Bertz CT molecular complexity index is 417. The van der Waals surface area contributed by atoms with Crippen LogP contribution in [0, 0.1) is 0 Å². The van der Waals surface area contributed by atoms with Crippen LogP contribution in [0.15, 0.2) is 24.3 Å². The molecule has 2 nitrogen and oxygen atoms in total. The molecule has 0 radical (unpaired) electrons. The minimum Gasteiger partial charge on any atom is -0.366 e. The largest absolute Gasteiger partial charge is 0.416 e. The molecule has 18 heavy (non-hydrogen) atoms. The first-order valence-corrected chi connectivity index (χ1v) is 6.00. The fourth-order valence-corrected chi connectivity index (χ4v) is 2.38. The van der Waals surface area contributed by atoms with Gasteiger partial charge in [-0.2, -0.15) is 13.2 Å². The van der Waals surface area contributed by atoms with Gasteiger partial charge in [0.1, 0.15) is 0 Å². The van der Waals surface area contributed by atoms with E-state index in [9.17, 15) is 13.2 Å². The number of hydrogen-bond donors (Lipinski definition) is 0. The van der Waals surface area contributed by atoms with Gasteiger partial charge in [-0.05, 0) is 32.2 Å². The van der Waals surface area contributed by atoms with Crippen LogP contribution in [0.25, 0.3) is 0 Å². The highest BCUT2D eigenvalue weighted by Gasteiger charge is 2.31. The number of halogens is 3. The van der Waals surface area contributed by atoms with E-state index in [1.54, 1.807) is 6.07 Å². The van der Waals surface area contributed by atoms with Gasteiger partial charge in [-0.25, -0.2) is 0 Å². The number of hydrogen-bond acceptors (Lipinski definition) is 2. The van der Waals surface area contributed by atoms with Crippen LogP contribution in [0.3, 0.4) is 0 Å². The molecule has 0 saturated carbocycles. The molecule has 0 spiro atoms. The van der Waals surface area contributed by atoms with Gasteiger partial charge in [-0.15, -0.1) is 0 Å². The minimum absolute atomic E-state index is 0.229. The predicted octanol–water partition coefficient (Wildman–Crippen LogP) is 2.85. The van der Waals surface area contributed by atoms with E-state index in [4.69, 9.17) is 0 Å². The van der Waals surface area contributed by atoms with Crippen LogP contribution >= 0.6 is 0 Å². The number of likely N-dealkylation sites (N-methyl/N-ethyl adjacent to an activating group) is 1. The lowest BCUT2D eigenvalue weighted by molar-refractivity contribution is -0.137. The molecular formula is C13H17F3N2. The van der Waals surface area contributed by atoms with E-state index in [0.29, 0.717) is 5.69 Å². The van der Waals surface area contributed by atoms with Gasteiger partial charge in [0.2, 0.25) is 0 Å². The molecule has 0 aliphatic carbocycles. The molecule has 5 heteroatoms. The summed E-state index contributed by atoms with van der Waals surface area (Å²) in [5.74, 6) is 0. The summed E-state index contributed by atoms with van der Waals surface area (Å²) >= 11 is 0. The van der Waals surface area contributed by atoms with Gasteiger partial charge in [0.05, 0.1) is 5.56 Å².